The Morgan fingerprint density at radius 3 is 2.35 bits per heavy atom. The number of nitrogens with one attached hydrogen (secondary N) is 1. The SMILES string of the molecule is C/C(=N/OCc1ccc(-c2ccccc2)cc1)c1ccc(-c2noc([C@@H]3CCN(/C(=N\C(=O)OC(C)(C)C)NC(=O)O)C3)n2)cc1. The molecular weight excluding hydrogens is 588 g/mol. The van der Waals surface area contributed by atoms with Crippen LogP contribution in [0, 0.1) is 0 Å². The average Bonchev–Trinajstić information content (AvgIpc) is 3.71. The number of carbonyl (C=O) groups excluding carboxylic acids is 1. The number of ether oxygens (including phenoxy) is 1. The third kappa shape index (κ3) is 8.56. The summed E-state index contributed by atoms with van der Waals surface area (Å²) in [5.74, 6) is 0.551. The highest BCUT2D eigenvalue weighted by molar-refractivity contribution is 5.99. The lowest BCUT2D eigenvalue weighted by Gasteiger charge is -2.21. The molecule has 3 aromatic carbocycles. The van der Waals surface area contributed by atoms with Gasteiger partial charge in [0.15, 0.2) is 0 Å². The Kier molecular flexibility index (Phi) is 9.75. The van der Waals surface area contributed by atoms with E-state index >= 15 is 0 Å². The molecule has 0 bridgehead atoms. The number of aliphatic imine (C=N–C) groups is 1. The fourth-order valence-corrected chi connectivity index (χ4v) is 4.86. The minimum Gasteiger partial charge on any atom is -0.465 e. The minimum absolute atomic E-state index is 0.110. The van der Waals surface area contributed by atoms with Crippen LogP contribution in [0.4, 0.5) is 9.59 Å². The minimum atomic E-state index is -1.34. The zero-order valence-electron chi connectivity index (χ0n) is 26.1. The van der Waals surface area contributed by atoms with Crippen molar-refractivity contribution in [2.45, 2.75) is 52.2 Å². The Balaban J connectivity index is 1.17. The molecule has 46 heavy (non-hydrogen) atoms. The summed E-state index contributed by atoms with van der Waals surface area (Å²) >= 11 is 0. The van der Waals surface area contributed by atoms with E-state index in [1.54, 1.807) is 25.7 Å². The number of hydrogen-bond acceptors (Lipinski definition) is 8. The van der Waals surface area contributed by atoms with Gasteiger partial charge in [-0.25, -0.2) is 9.59 Å². The maximum absolute atomic E-state index is 12.2. The van der Waals surface area contributed by atoms with E-state index in [1.165, 1.54) is 5.56 Å². The number of rotatable bonds is 7. The van der Waals surface area contributed by atoms with Gasteiger partial charge in [-0.15, -0.1) is 4.99 Å². The number of guanidine groups is 1. The third-order valence-corrected chi connectivity index (χ3v) is 7.14. The van der Waals surface area contributed by atoms with Crippen LogP contribution in [0.15, 0.2) is 93.5 Å². The zero-order chi connectivity index (χ0) is 32.7. The molecular formula is C34H36N6O6. The maximum atomic E-state index is 12.2. The second-order valence-corrected chi connectivity index (χ2v) is 11.8. The van der Waals surface area contributed by atoms with Crippen LogP contribution in [-0.2, 0) is 16.2 Å². The summed E-state index contributed by atoms with van der Waals surface area (Å²) in [7, 11) is 0. The number of oxime groups is 1. The summed E-state index contributed by atoms with van der Waals surface area (Å²) in [6.45, 7) is 8.10. The Bertz CT molecular complexity index is 1710. The number of benzene rings is 3. The first-order chi connectivity index (χ1) is 22.0. The molecule has 1 saturated heterocycles. The molecule has 2 amide bonds. The lowest BCUT2D eigenvalue weighted by Crippen LogP contribution is -2.43. The molecule has 12 heteroatoms. The van der Waals surface area contributed by atoms with Crippen molar-refractivity contribution in [3.63, 3.8) is 0 Å². The van der Waals surface area contributed by atoms with Crippen molar-refractivity contribution in [1.29, 1.82) is 0 Å². The highest BCUT2D eigenvalue weighted by Gasteiger charge is 2.32. The summed E-state index contributed by atoms with van der Waals surface area (Å²) in [6.07, 6.45) is -1.62. The van der Waals surface area contributed by atoms with Crippen molar-refractivity contribution in [2.24, 2.45) is 10.1 Å². The molecule has 0 saturated carbocycles. The molecule has 1 fully saturated rings. The average molecular weight is 625 g/mol. The first-order valence-electron chi connectivity index (χ1n) is 14.9. The molecule has 1 aromatic heterocycles. The van der Waals surface area contributed by atoms with Gasteiger partial charge in [-0.2, -0.15) is 4.98 Å². The van der Waals surface area contributed by atoms with Gasteiger partial charge >= 0.3 is 12.2 Å². The van der Waals surface area contributed by atoms with Gasteiger partial charge in [-0.1, -0.05) is 89.2 Å². The molecule has 12 nitrogen and oxygen atoms in total. The Labute approximate surface area is 266 Å². The van der Waals surface area contributed by atoms with Crippen LogP contribution in [-0.4, -0.2) is 62.7 Å². The third-order valence-electron chi connectivity index (χ3n) is 7.14. The molecule has 238 valence electrons. The highest BCUT2D eigenvalue weighted by atomic mass is 16.6. The van der Waals surface area contributed by atoms with E-state index in [1.807, 2.05) is 61.5 Å². The predicted octanol–water partition coefficient (Wildman–Crippen LogP) is 6.69. The van der Waals surface area contributed by atoms with E-state index in [9.17, 15) is 14.7 Å². The van der Waals surface area contributed by atoms with E-state index in [4.69, 9.17) is 14.1 Å². The fraction of sp³-hybridized carbons (Fsp3) is 0.294. The first kappa shape index (κ1) is 31.9. The van der Waals surface area contributed by atoms with Gasteiger partial charge in [-0.3, -0.25) is 5.32 Å². The van der Waals surface area contributed by atoms with Crippen molar-refractivity contribution < 1.29 is 28.8 Å². The van der Waals surface area contributed by atoms with Gasteiger partial charge in [0.25, 0.3) is 0 Å². The van der Waals surface area contributed by atoms with Crippen molar-refractivity contribution in [3.05, 3.63) is 95.9 Å². The van der Waals surface area contributed by atoms with Crippen LogP contribution in [0.1, 0.15) is 57.1 Å². The fourth-order valence-electron chi connectivity index (χ4n) is 4.86. The topological polar surface area (TPSA) is 152 Å². The molecule has 0 radical (unpaired) electrons. The standard InChI is InChI=1S/C34H36N6O6/c1-22(38-44-21-23-10-12-26(13-11-23)25-8-6-5-7-9-25)24-14-16-27(17-15-24)29-35-30(46-39-29)28-18-19-40(20-28)31(36-32(41)42)37-33(43)45-34(2,3)4/h5-17,28H,18-21H2,1-4H3,(H,41,42)(H,36,37,43)/b38-22-/t28-/m1/s1. The molecule has 1 aliphatic heterocycles. The molecule has 5 rings (SSSR count). The summed E-state index contributed by atoms with van der Waals surface area (Å²) in [5, 5.41) is 19.9. The van der Waals surface area contributed by atoms with Gasteiger partial charge in [0.1, 0.15) is 12.2 Å². The van der Waals surface area contributed by atoms with Gasteiger partial charge < -0.3 is 24.1 Å². The Hall–Kier alpha value is -5.52. The van der Waals surface area contributed by atoms with E-state index in [0.29, 0.717) is 37.8 Å². The van der Waals surface area contributed by atoms with Gasteiger partial charge in [0, 0.05) is 18.7 Å². The van der Waals surface area contributed by atoms with Crippen LogP contribution in [0.5, 0.6) is 0 Å². The van der Waals surface area contributed by atoms with Crippen LogP contribution in [0.2, 0.25) is 0 Å². The smallest absolute Gasteiger partial charge is 0.437 e. The first-order valence-corrected chi connectivity index (χ1v) is 14.9. The van der Waals surface area contributed by atoms with E-state index < -0.39 is 17.8 Å². The molecule has 4 aromatic rings. The van der Waals surface area contributed by atoms with E-state index in [2.05, 4.69) is 49.9 Å². The van der Waals surface area contributed by atoms with Crippen LogP contribution < -0.4 is 5.32 Å². The lowest BCUT2D eigenvalue weighted by molar-refractivity contribution is 0.0601. The van der Waals surface area contributed by atoms with Gasteiger partial charge in [0.2, 0.25) is 17.7 Å². The highest BCUT2D eigenvalue weighted by Crippen LogP contribution is 2.28. The number of hydrogen-bond donors (Lipinski definition) is 2. The molecule has 1 atom stereocenters. The monoisotopic (exact) mass is 624 g/mol. The van der Waals surface area contributed by atoms with Crippen LogP contribution >= 0.6 is 0 Å². The largest absolute Gasteiger partial charge is 0.465 e. The zero-order valence-corrected chi connectivity index (χ0v) is 26.1. The summed E-state index contributed by atoms with van der Waals surface area (Å²) in [5.41, 5.74) is 4.95. The number of carboxylic acid groups (broad SMARTS) is 1. The Morgan fingerprint density at radius 1 is 1.00 bits per heavy atom. The second kappa shape index (κ2) is 14.1. The number of amides is 2. The van der Waals surface area contributed by atoms with Gasteiger partial charge in [-0.05, 0) is 56.4 Å². The molecule has 0 aliphatic carbocycles. The molecule has 2 heterocycles. The van der Waals surface area contributed by atoms with E-state index in [-0.39, 0.29) is 11.9 Å². The lowest BCUT2D eigenvalue weighted by atomic mass is 10.0. The van der Waals surface area contributed by atoms with Crippen LogP contribution in [0.3, 0.4) is 0 Å². The second-order valence-electron chi connectivity index (χ2n) is 11.8. The quantitative estimate of drug-likeness (QED) is 0.130. The van der Waals surface area contributed by atoms with Crippen molar-refractivity contribution >= 4 is 23.9 Å². The molecule has 0 unspecified atom stereocenters. The predicted molar refractivity (Wildman–Crippen MR) is 172 cm³/mol. The number of likely N-dealkylation sites (tertiary alicyclic amines) is 1. The van der Waals surface area contributed by atoms with Crippen molar-refractivity contribution in [3.8, 4) is 22.5 Å². The summed E-state index contributed by atoms with van der Waals surface area (Å²) in [6, 6.07) is 26.0. The molecule has 1 aliphatic rings. The maximum Gasteiger partial charge on any atom is 0.437 e. The Morgan fingerprint density at radius 2 is 1.67 bits per heavy atom. The molecule has 0 spiro atoms. The van der Waals surface area contributed by atoms with Crippen molar-refractivity contribution in [2.75, 3.05) is 13.1 Å². The summed E-state index contributed by atoms with van der Waals surface area (Å²) in [4.78, 5) is 39.3. The van der Waals surface area contributed by atoms with Crippen molar-refractivity contribution in [1.82, 2.24) is 20.4 Å². The molecule has 2 N–H and O–H groups in total. The number of aromatic nitrogens is 2. The number of carbonyl (C=O) groups is 2. The normalized spacial score (nSPS) is 15.5. The van der Waals surface area contributed by atoms with Gasteiger partial charge in [0.05, 0.1) is 11.6 Å². The number of nitrogens with zero attached hydrogens (tertiary/aromatic N) is 5. The summed E-state index contributed by atoms with van der Waals surface area (Å²) < 4.78 is 10.8. The van der Waals surface area contributed by atoms with E-state index in [0.717, 1.165) is 28.0 Å². The van der Waals surface area contributed by atoms with Crippen LogP contribution in [0.25, 0.3) is 22.5 Å².